The topological polar surface area (TPSA) is 0 Å². The Balaban J connectivity index is 0.777. The lowest BCUT2D eigenvalue weighted by molar-refractivity contribution is 0.769. The van der Waals surface area contributed by atoms with E-state index in [1.54, 1.807) is 0 Å². The molecule has 0 unspecified atom stereocenters. The minimum atomic E-state index is -0.441. The summed E-state index contributed by atoms with van der Waals surface area (Å²) in [6.07, 6.45) is 0. The predicted octanol–water partition coefficient (Wildman–Crippen LogP) is 18.7. The highest BCUT2D eigenvalue weighted by atomic mass is 14.5. The molecule has 0 fully saturated rings. The van der Waals surface area contributed by atoms with Crippen LogP contribution in [-0.4, -0.2) is 0 Å². The lowest BCUT2D eigenvalue weighted by atomic mass is 9.67. The number of benzene rings is 12. The molecular weight excluding hydrogens is 889 g/mol. The van der Waals surface area contributed by atoms with E-state index in [1.807, 2.05) is 0 Å². The summed E-state index contributed by atoms with van der Waals surface area (Å²) in [6.45, 7) is 0. The molecule has 0 aliphatic heterocycles. The fraction of sp³-hybridized carbons (Fsp3) is 0.0270. The average Bonchev–Trinajstić information content (AvgIpc) is 3.96. The highest BCUT2D eigenvalue weighted by molar-refractivity contribution is 5.91. The third kappa shape index (κ3) is 6.83. The molecule has 12 aromatic carbocycles. The molecule has 0 atom stereocenters. The van der Waals surface area contributed by atoms with Crippen molar-refractivity contribution in [2.75, 3.05) is 0 Å². The van der Waals surface area contributed by atoms with Crippen molar-refractivity contribution in [3.8, 4) is 77.9 Å². The van der Waals surface area contributed by atoms with Gasteiger partial charge in [0.1, 0.15) is 0 Å². The van der Waals surface area contributed by atoms with E-state index in [0.29, 0.717) is 0 Å². The van der Waals surface area contributed by atoms with E-state index in [-0.39, 0.29) is 0 Å². The largest absolute Gasteiger partial charge is 0.0713 e. The number of hydrogen-bond acceptors (Lipinski definition) is 0. The molecule has 0 saturated carbocycles. The molecule has 0 radical (unpaired) electrons. The van der Waals surface area contributed by atoms with E-state index < -0.39 is 10.8 Å². The first-order valence-corrected chi connectivity index (χ1v) is 25.8. The van der Waals surface area contributed by atoms with Crippen LogP contribution in [0, 0.1) is 0 Å². The summed E-state index contributed by atoms with van der Waals surface area (Å²) in [5.74, 6) is 0. The maximum absolute atomic E-state index is 2.45. The van der Waals surface area contributed by atoms with Crippen LogP contribution in [0.5, 0.6) is 0 Å². The van der Waals surface area contributed by atoms with Gasteiger partial charge in [0.05, 0.1) is 10.8 Å². The third-order valence-electron chi connectivity index (χ3n) is 16.1. The van der Waals surface area contributed by atoms with Crippen LogP contribution in [0.2, 0.25) is 0 Å². The Morgan fingerprint density at radius 3 is 0.716 bits per heavy atom. The van der Waals surface area contributed by atoms with Crippen molar-refractivity contribution in [3.05, 3.63) is 348 Å². The van der Waals surface area contributed by atoms with Crippen molar-refractivity contribution in [2.45, 2.75) is 10.8 Å². The van der Waals surface area contributed by atoms with Crippen LogP contribution in [0.3, 0.4) is 0 Å². The summed E-state index contributed by atoms with van der Waals surface area (Å²) in [5.41, 5.74) is 26.7. The van der Waals surface area contributed by atoms with E-state index in [1.165, 1.54) is 122 Å². The predicted molar refractivity (Wildman–Crippen MR) is 308 cm³/mol. The molecule has 0 bridgehead atoms. The minimum absolute atomic E-state index is 0.437. The van der Waals surface area contributed by atoms with Gasteiger partial charge >= 0.3 is 0 Å². The Hall–Kier alpha value is -9.36. The Labute approximate surface area is 434 Å². The van der Waals surface area contributed by atoms with E-state index in [0.717, 1.165) is 0 Å². The molecule has 0 amide bonds. The SMILES string of the molecule is c1ccc(C2(c3ccccc3)c3ccccc3-c3ccc(-c4cccc(-c5ccc(-c6cccc(-c7cccc(-c8ccc9c(c8)C(c8ccccc8)(c8ccccc8)c8ccccc8-9)c7)c6)cc5)c4)cc32)cc1. The lowest BCUT2D eigenvalue weighted by Gasteiger charge is -2.34. The quantitative estimate of drug-likeness (QED) is 0.135. The maximum atomic E-state index is 2.45. The molecule has 0 N–H and O–H groups in total. The Kier molecular flexibility index (Phi) is 10.4. The third-order valence-corrected chi connectivity index (χ3v) is 16.1. The normalized spacial score (nSPS) is 13.4. The van der Waals surface area contributed by atoms with Gasteiger partial charge in [-0.15, -0.1) is 0 Å². The second kappa shape index (κ2) is 17.7. The molecule has 0 spiro atoms. The van der Waals surface area contributed by atoms with Crippen molar-refractivity contribution < 1.29 is 0 Å². The standard InChI is InChI=1S/C74H50/c1-5-26-61(27-6-1)73(62-28-7-2-8-29-62)69-36-15-13-34-65(69)67-44-42-59(49-71(67)73)57-24-18-21-54(47-57)52-40-38-51(39-41-52)53-20-17-22-55(46-53)56-23-19-25-58(48-56)60-43-45-68-66-35-14-16-37-70(66)74(72(68)50-60,63-30-9-3-10-31-63)64-32-11-4-12-33-64/h1-50H. The molecule has 0 saturated heterocycles. The second-order valence-corrected chi connectivity index (χ2v) is 19.9. The fourth-order valence-electron chi connectivity index (χ4n) is 12.7. The Morgan fingerprint density at radius 2 is 0.392 bits per heavy atom. The van der Waals surface area contributed by atoms with Crippen LogP contribution in [0.1, 0.15) is 44.5 Å². The van der Waals surface area contributed by atoms with Crippen molar-refractivity contribution in [3.63, 3.8) is 0 Å². The summed E-state index contributed by atoms with van der Waals surface area (Å²) < 4.78 is 0. The second-order valence-electron chi connectivity index (χ2n) is 19.9. The van der Waals surface area contributed by atoms with Gasteiger partial charge in [0, 0.05) is 0 Å². The van der Waals surface area contributed by atoms with Crippen LogP contribution in [0.15, 0.2) is 303 Å². The van der Waals surface area contributed by atoms with E-state index in [4.69, 9.17) is 0 Å². The summed E-state index contributed by atoms with van der Waals surface area (Å²) in [6, 6.07) is 112. The smallest absolute Gasteiger partial charge is 0.0622 e. The molecule has 2 aliphatic carbocycles. The van der Waals surface area contributed by atoms with Gasteiger partial charge < -0.3 is 0 Å². The first-order valence-electron chi connectivity index (χ1n) is 25.8. The summed E-state index contributed by atoms with van der Waals surface area (Å²) in [7, 11) is 0. The molecule has 14 rings (SSSR count). The molecule has 2 aliphatic rings. The van der Waals surface area contributed by atoms with Crippen LogP contribution < -0.4 is 0 Å². The van der Waals surface area contributed by atoms with Gasteiger partial charge in [-0.05, 0) is 153 Å². The zero-order chi connectivity index (χ0) is 49.1. The number of fused-ring (bicyclic) bond motifs is 6. The van der Waals surface area contributed by atoms with Gasteiger partial charge in [-0.25, -0.2) is 0 Å². The van der Waals surface area contributed by atoms with Crippen molar-refractivity contribution in [2.24, 2.45) is 0 Å². The highest BCUT2D eigenvalue weighted by Crippen LogP contribution is 2.58. The molecule has 346 valence electrons. The van der Waals surface area contributed by atoms with Gasteiger partial charge in [-0.3, -0.25) is 0 Å². The molecular formula is C74H50. The minimum Gasteiger partial charge on any atom is -0.0622 e. The lowest BCUT2D eigenvalue weighted by Crippen LogP contribution is -2.28. The van der Waals surface area contributed by atoms with Crippen molar-refractivity contribution in [1.29, 1.82) is 0 Å². The van der Waals surface area contributed by atoms with Crippen molar-refractivity contribution in [1.82, 2.24) is 0 Å². The number of rotatable bonds is 9. The summed E-state index contributed by atoms with van der Waals surface area (Å²) >= 11 is 0. The van der Waals surface area contributed by atoms with Crippen LogP contribution in [0.25, 0.3) is 77.9 Å². The zero-order valence-corrected chi connectivity index (χ0v) is 40.9. The van der Waals surface area contributed by atoms with E-state index >= 15 is 0 Å². The maximum Gasteiger partial charge on any atom is 0.0713 e. The molecule has 0 heterocycles. The van der Waals surface area contributed by atoms with Crippen LogP contribution >= 0.6 is 0 Å². The van der Waals surface area contributed by atoms with E-state index in [9.17, 15) is 0 Å². The fourth-order valence-corrected chi connectivity index (χ4v) is 12.7. The molecule has 0 heteroatoms. The van der Waals surface area contributed by atoms with Gasteiger partial charge in [-0.2, -0.15) is 0 Å². The molecule has 74 heavy (non-hydrogen) atoms. The zero-order valence-electron chi connectivity index (χ0n) is 40.9. The Bertz CT molecular complexity index is 3960. The molecule has 12 aromatic rings. The van der Waals surface area contributed by atoms with Crippen molar-refractivity contribution >= 4 is 0 Å². The van der Waals surface area contributed by atoms with E-state index in [2.05, 4.69) is 303 Å². The summed E-state index contributed by atoms with van der Waals surface area (Å²) in [4.78, 5) is 0. The van der Waals surface area contributed by atoms with Gasteiger partial charge in [0.2, 0.25) is 0 Å². The van der Waals surface area contributed by atoms with Gasteiger partial charge in [0.25, 0.3) is 0 Å². The highest BCUT2D eigenvalue weighted by Gasteiger charge is 2.47. The van der Waals surface area contributed by atoms with Crippen LogP contribution in [-0.2, 0) is 10.8 Å². The Morgan fingerprint density at radius 1 is 0.149 bits per heavy atom. The van der Waals surface area contributed by atoms with Crippen LogP contribution in [0.4, 0.5) is 0 Å². The average molecular weight is 939 g/mol. The monoisotopic (exact) mass is 938 g/mol. The molecule has 0 aromatic heterocycles. The number of hydrogen-bond donors (Lipinski definition) is 0. The van der Waals surface area contributed by atoms with Gasteiger partial charge in [0.15, 0.2) is 0 Å². The summed E-state index contributed by atoms with van der Waals surface area (Å²) in [5, 5.41) is 0. The first kappa shape index (κ1) is 43.4. The first-order chi connectivity index (χ1) is 36.7. The molecule has 0 nitrogen and oxygen atoms in total. The van der Waals surface area contributed by atoms with Gasteiger partial charge in [-0.1, -0.05) is 273 Å².